The largest absolute Gasteiger partial charge is 0.495 e. The Morgan fingerprint density at radius 3 is 2.58 bits per heavy atom. The molecular formula is C22H20ClN3O4S. The van der Waals surface area contributed by atoms with Crippen LogP contribution >= 0.6 is 22.9 Å². The Bertz CT molecular complexity index is 1140. The van der Waals surface area contributed by atoms with Crippen molar-refractivity contribution in [2.24, 2.45) is 0 Å². The first-order valence-electron chi connectivity index (χ1n) is 9.80. The molecule has 1 saturated heterocycles. The van der Waals surface area contributed by atoms with E-state index in [0.29, 0.717) is 35.3 Å². The van der Waals surface area contributed by atoms with Gasteiger partial charge in [-0.3, -0.25) is 9.78 Å². The van der Waals surface area contributed by atoms with Gasteiger partial charge >= 0.3 is 0 Å². The molecule has 2 atom stereocenters. The monoisotopic (exact) mass is 457 g/mol. The summed E-state index contributed by atoms with van der Waals surface area (Å²) in [7, 11) is 1.57. The molecule has 31 heavy (non-hydrogen) atoms. The predicted molar refractivity (Wildman–Crippen MR) is 120 cm³/mol. The zero-order valence-electron chi connectivity index (χ0n) is 16.7. The van der Waals surface area contributed by atoms with Crippen LogP contribution in [0.2, 0.25) is 5.02 Å². The SMILES string of the molecule is COc1cc(N2Cc3cc(-c4ccc(Cl)cn4)sc3C2=O)ccc1N1CC(O)C(O)C1. The lowest BCUT2D eigenvalue weighted by Gasteiger charge is -2.23. The fourth-order valence-electron chi connectivity index (χ4n) is 4.01. The van der Waals surface area contributed by atoms with Crippen LogP contribution in [0, 0.1) is 0 Å². The van der Waals surface area contributed by atoms with Crippen molar-refractivity contribution in [2.75, 3.05) is 30.0 Å². The lowest BCUT2D eigenvalue weighted by molar-refractivity contribution is 0.0572. The summed E-state index contributed by atoms with van der Waals surface area (Å²) in [5.41, 5.74) is 3.28. The lowest BCUT2D eigenvalue weighted by atomic mass is 10.2. The molecule has 0 bridgehead atoms. The number of pyridine rings is 1. The van der Waals surface area contributed by atoms with Crippen LogP contribution in [0.1, 0.15) is 15.2 Å². The molecule has 1 fully saturated rings. The molecule has 0 aliphatic carbocycles. The maximum absolute atomic E-state index is 13.1. The molecule has 1 aromatic carbocycles. The minimum absolute atomic E-state index is 0.0537. The Labute approximate surface area is 188 Å². The highest BCUT2D eigenvalue weighted by Gasteiger charge is 2.34. The summed E-state index contributed by atoms with van der Waals surface area (Å²) in [5.74, 6) is 0.537. The molecule has 7 nitrogen and oxygen atoms in total. The van der Waals surface area contributed by atoms with Crippen molar-refractivity contribution in [2.45, 2.75) is 18.8 Å². The van der Waals surface area contributed by atoms with E-state index in [2.05, 4.69) is 4.98 Å². The van der Waals surface area contributed by atoms with E-state index in [1.165, 1.54) is 11.3 Å². The van der Waals surface area contributed by atoms with E-state index in [4.69, 9.17) is 16.3 Å². The number of amides is 1. The number of methoxy groups -OCH3 is 1. The fourth-order valence-corrected chi connectivity index (χ4v) is 5.22. The van der Waals surface area contributed by atoms with Crippen LogP contribution in [0.5, 0.6) is 5.75 Å². The number of carbonyl (C=O) groups excluding carboxylic acids is 1. The zero-order chi connectivity index (χ0) is 21.7. The molecule has 2 aromatic heterocycles. The number of aliphatic hydroxyl groups excluding tert-OH is 2. The highest BCUT2D eigenvalue weighted by Crippen LogP contribution is 2.40. The minimum atomic E-state index is -0.787. The van der Waals surface area contributed by atoms with Gasteiger partial charge in [0.05, 0.1) is 52.0 Å². The number of hydrogen-bond acceptors (Lipinski definition) is 7. The number of aliphatic hydroxyl groups is 2. The van der Waals surface area contributed by atoms with Gasteiger partial charge in [0, 0.05) is 31.0 Å². The number of β-amino-alcohol motifs (C(OH)–C–C–N with tert-alkyl or cyclic N) is 2. The molecule has 2 aliphatic heterocycles. The number of ether oxygens (including phenoxy) is 1. The Kier molecular flexibility index (Phi) is 5.10. The van der Waals surface area contributed by atoms with Gasteiger partial charge in [0.15, 0.2) is 0 Å². The van der Waals surface area contributed by atoms with Crippen molar-refractivity contribution < 1.29 is 19.7 Å². The van der Waals surface area contributed by atoms with Gasteiger partial charge in [0.1, 0.15) is 5.75 Å². The average molecular weight is 458 g/mol. The summed E-state index contributed by atoms with van der Waals surface area (Å²) >= 11 is 7.35. The number of halogens is 1. The number of fused-ring (bicyclic) bond motifs is 1. The molecule has 2 N–H and O–H groups in total. The number of hydrogen-bond donors (Lipinski definition) is 2. The van der Waals surface area contributed by atoms with Crippen molar-refractivity contribution in [1.82, 2.24) is 4.98 Å². The molecule has 2 unspecified atom stereocenters. The number of nitrogens with zero attached hydrogens (tertiary/aromatic N) is 3. The van der Waals surface area contributed by atoms with E-state index < -0.39 is 12.2 Å². The molecule has 1 amide bonds. The Morgan fingerprint density at radius 2 is 1.94 bits per heavy atom. The Morgan fingerprint density at radius 1 is 1.16 bits per heavy atom. The normalized spacial score (nSPS) is 20.5. The van der Waals surface area contributed by atoms with Crippen LogP contribution in [-0.4, -0.2) is 53.5 Å². The lowest BCUT2D eigenvalue weighted by Crippen LogP contribution is -2.24. The first kappa shape index (κ1) is 20.3. The van der Waals surface area contributed by atoms with Crippen molar-refractivity contribution in [3.05, 3.63) is 58.1 Å². The number of carbonyl (C=O) groups is 1. The van der Waals surface area contributed by atoms with Crippen LogP contribution in [0.15, 0.2) is 42.6 Å². The molecular weight excluding hydrogens is 438 g/mol. The fraction of sp³-hybridized carbons (Fsp3) is 0.273. The summed E-state index contributed by atoms with van der Waals surface area (Å²) in [4.78, 5) is 22.7. The van der Waals surface area contributed by atoms with Gasteiger partial charge in [-0.05, 0) is 35.9 Å². The summed E-state index contributed by atoms with van der Waals surface area (Å²) in [6.45, 7) is 1.14. The molecule has 160 valence electrons. The van der Waals surface area contributed by atoms with Crippen molar-refractivity contribution >= 4 is 40.2 Å². The number of benzene rings is 1. The maximum atomic E-state index is 13.1. The summed E-state index contributed by atoms with van der Waals surface area (Å²) in [5, 5.41) is 20.3. The van der Waals surface area contributed by atoms with Gasteiger partial charge in [-0.25, -0.2) is 0 Å². The molecule has 3 aromatic rings. The third-order valence-electron chi connectivity index (χ3n) is 5.63. The molecule has 0 saturated carbocycles. The number of thiophene rings is 1. The van der Waals surface area contributed by atoms with Crippen LogP contribution in [0.25, 0.3) is 10.6 Å². The van der Waals surface area contributed by atoms with Crippen LogP contribution < -0.4 is 14.5 Å². The third-order valence-corrected chi connectivity index (χ3v) is 7.04. The van der Waals surface area contributed by atoms with Crippen LogP contribution in [0.3, 0.4) is 0 Å². The van der Waals surface area contributed by atoms with E-state index >= 15 is 0 Å². The molecule has 9 heteroatoms. The Hall–Kier alpha value is -2.65. The van der Waals surface area contributed by atoms with Crippen LogP contribution in [-0.2, 0) is 6.54 Å². The first-order chi connectivity index (χ1) is 14.9. The maximum Gasteiger partial charge on any atom is 0.269 e. The zero-order valence-corrected chi connectivity index (χ0v) is 18.2. The third kappa shape index (κ3) is 3.55. The van der Waals surface area contributed by atoms with Crippen molar-refractivity contribution in [3.63, 3.8) is 0 Å². The van der Waals surface area contributed by atoms with Gasteiger partial charge in [0.25, 0.3) is 5.91 Å². The average Bonchev–Trinajstić information content (AvgIpc) is 3.43. The summed E-state index contributed by atoms with van der Waals surface area (Å²) in [6, 6.07) is 11.2. The van der Waals surface area contributed by atoms with Gasteiger partial charge in [-0.15, -0.1) is 11.3 Å². The van der Waals surface area contributed by atoms with E-state index in [1.807, 2.05) is 35.2 Å². The standard InChI is InChI=1S/C22H20ClN3O4S/c1-30-19-7-14(3-5-16(19)25-10-17(27)18(28)11-25)26-9-12-6-20(31-21(12)22(26)29)15-4-2-13(23)8-24-15/h2-8,17-18,27-28H,9-11H2,1H3. The van der Waals surface area contributed by atoms with Gasteiger partial charge < -0.3 is 24.7 Å². The first-order valence-corrected chi connectivity index (χ1v) is 11.0. The highest BCUT2D eigenvalue weighted by molar-refractivity contribution is 7.17. The highest BCUT2D eigenvalue weighted by atomic mass is 35.5. The van der Waals surface area contributed by atoms with Crippen molar-refractivity contribution in [3.8, 4) is 16.3 Å². The number of anilines is 2. The minimum Gasteiger partial charge on any atom is -0.495 e. The van der Waals surface area contributed by atoms with E-state index in [0.717, 1.165) is 27.5 Å². The predicted octanol–water partition coefficient (Wildman–Crippen LogP) is 3.17. The van der Waals surface area contributed by atoms with Crippen LogP contribution in [0.4, 0.5) is 11.4 Å². The molecule has 5 rings (SSSR count). The summed E-state index contributed by atoms with van der Waals surface area (Å²) < 4.78 is 5.55. The van der Waals surface area contributed by atoms with Gasteiger partial charge in [0.2, 0.25) is 0 Å². The van der Waals surface area contributed by atoms with Gasteiger partial charge in [-0.2, -0.15) is 0 Å². The van der Waals surface area contributed by atoms with E-state index in [1.54, 1.807) is 24.3 Å². The summed E-state index contributed by atoms with van der Waals surface area (Å²) in [6.07, 6.45) is 0.0249. The Balaban J connectivity index is 1.40. The molecule has 0 radical (unpaired) electrons. The van der Waals surface area contributed by atoms with E-state index in [-0.39, 0.29) is 5.91 Å². The second kappa shape index (κ2) is 7.80. The topological polar surface area (TPSA) is 86.1 Å². The second-order valence-electron chi connectivity index (χ2n) is 7.61. The second-order valence-corrected chi connectivity index (χ2v) is 9.10. The van der Waals surface area contributed by atoms with E-state index in [9.17, 15) is 15.0 Å². The molecule has 0 spiro atoms. The smallest absolute Gasteiger partial charge is 0.269 e. The number of aromatic nitrogens is 1. The van der Waals surface area contributed by atoms with Crippen molar-refractivity contribution in [1.29, 1.82) is 0 Å². The molecule has 2 aliphatic rings. The number of rotatable bonds is 4. The van der Waals surface area contributed by atoms with Gasteiger partial charge in [-0.1, -0.05) is 11.6 Å². The quantitative estimate of drug-likeness (QED) is 0.626. The molecule has 4 heterocycles.